The Hall–Kier alpha value is -3.39. The minimum Gasteiger partial charge on any atom is -0.316 e. The molecular formula is C19H15N3O4S. The van der Waals surface area contributed by atoms with Gasteiger partial charge in [0.05, 0.1) is 15.9 Å². The van der Waals surface area contributed by atoms with Crippen LogP contribution in [0.4, 0.5) is 5.69 Å². The first kappa shape index (κ1) is 17.0. The molecule has 7 nitrogen and oxygen atoms in total. The van der Waals surface area contributed by atoms with Gasteiger partial charge >= 0.3 is 11.1 Å². The minimum absolute atomic E-state index is 0.0193. The average molecular weight is 381 g/mol. The quantitative estimate of drug-likeness (QED) is 0.473. The number of rotatable bonds is 3. The zero-order valence-electron chi connectivity index (χ0n) is 14.2. The third-order valence-corrected chi connectivity index (χ3v) is 5.83. The van der Waals surface area contributed by atoms with Gasteiger partial charge in [0, 0.05) is 5.69 Å². The summed E-state index contributed by atoms with van der Waals surface area (Å²) >= 11 is 0. The van der Waals surface area contributed by atoms with Gasteiger partial charge < -0.3 is 9.97 Å². The van der Waals surface area contributed by atoms with Crippen LogP contribution in [0.1, 0.15) is 5.56 Å². The Labute approximate surface area is 153 Å². The fraction of sp³-hybridized carbons (Fsp3) is 0.0526. The largest absolute Gasteiger partial charge is 0.316 e. The van der Waals surface area contributed by atoms with E-state index < -0.39 is 21.1 Å². The van der Waals surface area contributed by atoms with E-state index in [1.165, 1.54) is 12.1 Å². The highest BCUT2D eigenvalue weighted by atomic mass is 32.2. The molecule has 4 aromatic rings. The van der Waals surface area contributed by atoms with Crippen LogP contribution < -0.4 is 15.8 Å². The van der Waals surface area contributed by atoms with Crippen molar-refractivity contribution in [1.82, 2.24) is 9.97 Å². The average Bonchev–Trinajstić information content (AvgIpc) is 2.62. The number of anilines is 1. The first-order valence-corrected chi connectivity index (χ1v) is 9.60. The lowest BCUT2D eigenvalue weighted by Gasteiger charge is -2.12. The van der Waals surface area contributed by atoms with E-state index in [4.69, 9.17) is 0 Å². The number of aromatic nitrogens is 2. The third-order valence-electron chi connectivity index (χ3n) is 4.31. The van der Waals surface area contributed by atoms with Crippen molar-refractivity contribution < 1.29 is 8.42 Å². The van der Waals surface area contributed by atoms with Gasteiger partial charge in [0.15, 0.2) is 0 Å². The number of aromatic amines is 2. The van der Waals surface area contributed by atoms with Crippen LogP contribution >= 0.6 is 0 Å². The zero-order chi connectivity index (χ0) is 19.2. The maximum absolute atomic E-state index is 12.9. The van der Waals surface area contributed by atoms with Crippen LogP contribution in [0.2, 0.25) is 0 Å². The number of hydrogen-bond donors (Lipinski definition) is 3. The van der Waals surface area contributed by atoms with Crippen LogP contribution in [-0.4, -0.2) is 18.4 Å². The molecule has 3 aromatic carbocycles. The molecule has 0 radical (unpaired) electrons. The molecule has 0 saturated heterocycles. The van der Waals surface area contributed by atoms with E-state index in [1.54, 1.807) is 19.1 Å². The van der Waals surface area contributed by atoms with E-state index in [9.17, 15) is 18.0 Å². The van der Waals surface area contributed by atoms with E-state index in [0.29, 0.717) is 16.8 Å². The van der Waals surface area contributed by atoms with Gasteiger partial charge in [-0.3, -0.25) is 14.3 Å². The maximum atomic E-state index is 12.9. The second kappa shape index (κ2) is 6.10. The Balaban J connectivity index is 1.80. The zero-order valence-corrected chi connectivity index (χ0v) is 15.1. The summed E-state index contributed by atoms with van der Waals surface area (Å²) in [5, 5.41) is 1.92. The van der Waals surface area contributed by atoms with Crippen molar-refractivity contribution in [3.05, 3.63) is 80.9 Å². The van der Waals surface area contributed by atoms with Crippen LogP contribution in [0.25, 0.3) is 21.8 Å². The van der Waals surface area contributed by atoms with E-state index in [-0.39, 0.29) is 10.4 Å². The number of aryl methyl sites for hydroxylation is 1. The van der Waals surface area contributed by atoms with E-state index in [2.05, 4.69) is 14.7 Å². The predicted octanol–water partition coefficient (Wildman–Crippen LogP) is 2.48. The summed E-state index contributed by atoms with van der Waals surface area (Å²) in [5.41, 5.74) is -0.142. The molecule has 0 aliphatic rings. The normalized spacial score (nSPS) is 11.7. The molecule has 0 atom stereocenters. The van der Waals surface area contributed by atoms with Crippen molar-refractivity contribution in [1.29, 1.82) is 0 Å². The van der Waals surface area contributed by atoms with Crippen LogP contribution in [0.3, 0.4) is 0 Å². The van der Waals surface area contributed by atoms with Crippen molar-refractivity contribution in [2.45, 2.75) is 11.8 Å². The molecule has 1 aromatic heterocycles. The highest BCUT2D eigenvalue weighted by molar-refractivity contribution is 7.92. The van der Waals surface area contributed by atoms with Gasteiger partial charge in [-0.25, -0.2) is 8.42 Å². The summed E-state index contributed by atoms with van der Waals surface area (Å²) in [5.74, 6) is 0. The lowest BCUT2D eigenvalue weighted by Crippen LogP contribution is -2.29. The van der Waals surface area contributed by atoms with Crippen LogP contribution in [-0.2, 0) is 10.0 Å². The van der Waals surface area contributed by atoms with Crippen molar-refractivity contribution in [2.24, 2.45) is 0 Å². The van der Waals surface area contributed by atoms with Gasteiger partial charge in [-0.2, -0.15) is 0 Å². The summed E-state index contributed by atoms with van der Waals surface area (Å²) in [4.78, 5) is 27.8. The summed E-state index contributed by atoms with van der Waals surface area (Å²) in [6.07, 6.45) is 0. The smallest absolute Gasteiger partial charge is 0.314 e. The molecule has 0 fully saturated rings. The van der Waals surface area contributed by atoms with Crippen LogP contribution in [0.15, 0.2) is 69.1 Å². The standard InChI is InChI=1S/C19H15N3O4S/c1-11-8-15-16(21-19(24)18(23)20-15)10-17(11)27(25,26)22-14-7-6-12-4-2-3-5-13(12)9-14/h2-10,22H,1H3,(H,20,23)(H,21,24). The SMILES string of the molecule is Cc1cc2[nH]c(=O)c(=O)[nH]c2cc1S(=O)(=O)Nc1ccc2ccccc2c1. The Morgan fingerprint density at radius 2 is 1.44 bits per heavy atom. The molecule has 1 heterocycles. The summed E-state index contributed by atoms with van der Waals surface area (Å²) in [6, 6.07) is 15.8. The Bertz CT molecular complexity index is 1420. The van der Waals surface area contributed by atoms with Gasteiger partial charge in [0.25, 0.3) is 10.0 Å². The summed E-state index contributed by atoms with van der Waals surface area (Å²) < 4.78 is 28.3. The number of sulfonamides is 1. The molecule has 3 N–H and O–H groups in total. The molecule has 4 rings (SSSR count). The second-order valence-electron chi connectivity index (χ2n) is 6.24. The monoisotopic (exact) mass is 381 g/mol. The molecule has 0 aliphatic carbocycles. The van der Waals surface area contributed by atoms with Crippen molar-refractivity contribution in [2.75, 3.05) is 4.72 Å². The number of benzene rings is 3. The Morgan fingerprint density at radius 1 is 0.815 bits per heavy atom. The number of fused-ring (bicyclic) bond motifs is 2. The molecule has 0 bridgehead atoms. The second-order valence-corrected chi connectivity index (χ2v) is 7.89. The Morgan fingerprint density at radius 3 is 2.15 bits per heavy atom. The molecule has 0 amide bonds. The predicted molar refractivity (Wildman–Crippen MR) is 105 cm³/mol. The fourth-order valence-electron chi connectivity index (χ4n) is 3.01. The van der Waals surface area contributed by atoms with Gasteiger partial charge in [-0.1, -0.05) is 30.3 Å². The molecule has 27 heavy (non-hydrogen) atoms. The van der Waals surface area contributed by atoms with Gasteiger partial charge in [-0.05, 0) is 47.5 Å². The molecule has 0 aliphatic heterocycles. The van der Waals surface area contributed by atoms with E-state index in [1.807, 2.05) is 30.3 Å². The summed E-state index contributed by atoms with van der Waals surface area (Å²) in [7, 11) is -3.89. The molecule has 0 unspecified atom stereocenters. The molecule has 0 saturated carbocycles. The van der Waals surface area contributed by atoms with Crippen molar-refractivity contribution >= 4 is 37.5 Å². The Kier molecular flexibility index (Phi) is 3.85. The third kappa shape index (κ3) is 3.11. The number of H-pyrrole nitrogens is 2. The van der Waals surface area contributed by atoms with E-state index >= 15 is 0 Å². The van der Waals surface area contributed by atoms with Crippen LogP contribution in [0, 0.1) is 6.92 Å². The fourth-order valence-corrected chi connectivity index (χ4v) is 4.31. The minimum atomic E-state index is -3.89. The van der Waals surface area contributed by atoms with Crippen LogP contribution in [0.5, 0.6) is 0 Å². The van der Waals surface area contributed by atoms with Crippen molar-refractivity contribution in [3.8, 4) is 0 Å². The lowest BCUT2D eigenvalue weighted by atomic mass is 10.1. The number of hydrogen-bond acceptors (Lipinski definition) is 4. The molecule has 0 spiro atoms. The van der Waals surface area contributed by atoms with E-state index in [0.717, 1.165) is 10.8 Å². The highest BCUT2D eigenvalue weighted by Crippen LogP contribution is 2.25. The maximum Gasteiger partial charge on any atom is 0.314 e. The van der Waals surface area contributed by atoms with Gasteiger partial charge in [0.1, 0.15) is 0 Å². The number of nitrogens with one attached hydrogen (secondary N) is 3. The van der Waals surface area contributed by atoms with Gasteiger partial charge in [0.2, 0.25) is 0 Å². The molecule has 136 valence electrons. The highest BCUT2D eigenvalue weighted by Gasteiger charge is 2.19. The first-order chi connectivity index (χ1) is 12.8. The van der Waals surface area contributed by atoms with Crippen molar-refractivity contribution in [3.63, 3.8) is 0 Å². The molecule has 8 heteroatoms. The molecular weight excluding hydrogens is 366 g/mol. The summed E-state index contributed by atoms with van der Waals surface area (Å²) in [6.45, 7) is 1.62. The van der Waals surface area contributed by atoms with Gasteiger partial charge in [-0.15, -0.1) is 0 Å². The topological polar surface area (TPSA) is 112 Å². The lowest BCUT2D eigenvalue weighted by molar-refractivity contribution is 0.600. The first-order valence-electron chi connectivity index (χ1n) is 8.12.